The maximum Gasteiger partial charge on any atom is 0.271 e. The van der Waals surface area contributed by atoms with Crippen LogP contribution in [0.1, 0.15) is 18.1 Å². The lowest BCUT2D eigenvalue weighted by Gasteiger charge is -2.15. The molecule has 7 nitrogen and oxygen atoms in total. The molecule has 4 rings (SSSR count). The monoisotopic (exact) mass is 526 g/mol. The van der Waals surface area contributed by atoms with Crippen LogP contribution < -0.4 is 14.4 Å². The van der Waals surface area contributed by atoms with Gasteiger partial charge in [-0.1, -0.05) is 72.0 Å². The van der Waals surface area contributed by atoms with E-state index in [0.29, 0.717) is 45.9 Å². The summed E-state index contributed by atoms with van der Waals surface area (Å²) in [5, 5.41) is 11.5. The Labute approximate surface area is 216 Å². The molecule has 1 fully saturated rings. The van der Waals surface area contributed by atoms with Gasteiger partial charge in [-0.25, -0.2) is 0 Å². The highest BCUT2D eigenvalue weighted by Gasteiger charge is 2.34. The lowest BCUT2D eigenvalue weighted by Crippen LogP contribution is -2.27. The third-order valence-electron chi connectivity index (χ3n) is 4.95. The molecule has 1 heterocycles. The summed E-state index contributed by atoms with van der Waals surface area (Å²) in [4.78, 5) is 25.4. The number of thioether (sulfide) groups is 1. The van der Waals surface area contributed by atoms with Crippen LogP contribution in [0.4, 0.5) is 11.4 Å². The third-order valence-corrected chi connectivity index (χ3v) is 6.53. The first-order valence-corrected chi connectivity index (χ1v) is 12.1. The number of amides is 1. The summed E-state index contributed by atoms with van der Waals surface area (Å²) < 4.78 is 12.0. The van der Waals surface area contributed by atoms with Gasteiger partial charge in [0.05, 0.1) is 27.1 Å². The Morgan fingerprint density at radius 3 is 2.60 bits per heavy atom. The Kier molecular flexibility index (Phi) is 7.70. The Hall–Kier alpha value is -3.40. The molecule has 1 saturated heterocycles. The highest BCUT2D eigenvalue weighted by molar-refractivity contribution is 8.27. The van der Waals surface area contributed by atoms with Crippen molar-refractivity contribution in [1.29, 1.82) is 0 Å². The molecule has 0 unspecified atom stereocenters. The normalized spacial score (nSPS) is 14.5. The van der Waals surface area contributed by atoms with Crippen molar-refractivity contribution in [3.05, 3.63) is 97.9 Å². The standard InChI is InChI=1S/C25H19ClN2O5S2/c1-2-32-21-12-17(11-20(26)23(21)33-15-16-7-4-3-5-8-16)13-22-24(29)27(25(34)35-22)18-9-6-10-19(14-18)28(30)31/h3-14H,2,15H2,1H3/b22-13+. The molecule has 3 aromatic rings. The fourth-order valence-electron chi connectivity index (χ4n) is 3.39. The SMILES string of the molecule is CCOc1cc(/C=C2/SC(=S)N(c3cccc([N+](=O)[O-])c3)C2=O)cc(Cl)c1OCc1ccccc1. The highest BCUT2D eigenvalue weighted by Crippen LogP contribution is 2.40. The quantitative estimate of drug-likeness (QED) is 0.141. The number of thiocarbonyl (C=S) groups is 1. The van der Waals surface area contributed by atoms with E-state index in [2.05, 4.69) is 0 Å². The second-order valence-electron chi connectivity index (χ2n) is 7.33. The van der Waals surface area contributed by atoms with Gasteiger partial charge < -0.3 is 9.47 Å². The van der Waals surface area contributed by atoms with E-state index in [0.717, 1.165) is 17.3 Å². The Morgan fingerprint density at radius 1 is 1.11 bits per heavy atom. The van der Waals surface area contributed by atoms with Crippen molar-refractivity contribution in [2.24, 2.45) is 0 Å². The van der Waals surface area contributed by atoms with Crippen molar-refractivity contribution in [3.63, 3.8) is 0 Å². The molecular weight excluding hydrogens is 508 g/mol. The Bertz CT molecular complexity index is 1330. The summed E-state index contributed by atoms with van der Waals surface area (Å²) in [6.07, 6.45) is 1.66. The molecule has 3 aromatic carbocycles. The van der Waals surface area contributed by atoms with Gasteiger partial charge in [-0.15, -0.1) is 0 Å². The van der Waals surface area contributed by atoms with E-state index in [4.69, 9.17) is 33.3 Å². The Morgan fingerprint density at radius 2 is 1.89 bits per heavy atom. The predicted molar refractivity (Wildman–Crippen MR) is 142 cm³/mol. The number of halogens is 1. The summed E-state index contributed by atoms with van der Waals surface area (Å²) >= 11 is 13.0. The molecule has 1 amide bonds. The van der Waals surface area contributed by atoms with E-state index >= 15 is 0 Å². The average Bonchev–Trinajstić information content (AvgIpc) is 3.12. The molecule has 0 aromatic heterocycles. The first-order valence-electron chi connectivity index (χ1n) is 10.5. The molecule has 0 atom stereocenters. The number of benzene rings is 3. The van der Waals surface area contributed by atoms with Crippen LogP contribution in [-0.4, -0.2) is 21.8 Å². The van der Waals surface area contributed by atoms with Crippen LogP contribution >= 0.6 is 35.6 Å². The van der Waals surface area contributed by atoms with Gasteiger partial charge in [0, 0.05) is 12.1 Å². The van der Waals surface area contributed by atoms with Crippen molar-refractivity contribution < 1.29 is 19.2 Å². The van der Waals surface area contributed by atoms with Crippen LogP contribution in [-0.2, 0) is 11.4 Å². The fourth-order valence-corrected chi connectivity index (χ4v) is 4.96. The number of anilines is 1. The van der Waals surface area contributed by atoms with Gasteiger partial charge in [0.25, 0.3) is 11.6 Å². The molecule has 35 heavy (non-hydrogen) atoms. The number of ether oxygens (including phenoxy) is 2. The van der Waals surface area contributed by atoms with Crippen LogP contribution in [0.2, 0.25) is 5.02 Å². The number of hydrogen-bond acceptors (Lipinski definition) is 7. The minimum Gasteiger partial charge on any atom is -0.490 e. The summed E-state index contributed by atoms with van der Waals surface area (Å²) in [6, 6.07) is 18.9. The van der Waals surface area contributed by atoms with Crippen molar-refractivity contribution in [1.82, 2.24) is 0 Å². The van der Waals surface area contributed by atoms with Crippen molar-refractivity contribution in [3.8, 4) is 11.5 Å². The number of carbonyl (C=O) groups excluding carboxylic acids is 1. The molecule has 0 bridgehead atoms. The van der Waals surface area contributed by atoms with Crippen LogP contribution in [0, 0.1) is 10.1 Å². The lowest BCUT2D eigenvalue weighted by molar-refractivity contribution is -0.384. The second-order valence-corrected chi connectivity index (χ2v) is 9.41. The number of non-ortho nitro benzene ring substituents is 1. The summed E-state index contributed by atoms with van der Waals surface area (Å²) in [7, 11) is 0. The Balaban J connectivity index is 1.61. The van der Waals surface area contributed by atoms with Crippen LogP contribution in [0.5, 0.6) is 11.5 Å². The van der Waals surface area contributed by atoms with Crippen LogP contribution in [0.3, 0.4) is 0 Å². The lowest BCUT2D eigenvalue weighted by atomic mass is 10.1. The molecule has 0 N–H and O–H groups in total. The van der Waals surface area contributed by atoms with Crippen molar-refractivity contribution in [2.75, 3.05) is 11.5 Å². The molecule has 0 spiro atoms. The van der Waals surface area contributed by atoms with E-state index in [1.807, 2.05) is 37.3 Å². The number of nitrogens with zero attached hydrogens (tertiary/aromatic N) is 2. The number of nitro benzene ring substituents is 1. The van der Waals surface area contributed by atoms with Gasteiger partial charge in [-0.2, -0.15) is 0 Å². The molecular formula is C25H19ClN2O5S2. The molecule has 0 aliphatic carbocycles. The zero-order chi connectivity index (χ0) is 24.9. The summed E-state index contributed by atoms with van der Waals surface area (Å²) in [5.41, 5.74) is 1.83. The molecule has 0 saturated carbocycles. The van der Waals surface area contributed by atoms with Gasteiger partial charge in [0.15, 0.2) is 15.8 Å². The van der Waals surface area contributed by atoms with Gasteiger partial charge in [-0.05, 0) is 42.3 Å². The smallest absolute Gasteiger partial charge is 0.271 e. The van der Waals surface area contributed by atoms with Gasteiger partial charge in [0.2, 0.25) is 0 Å². The first kappa shape index (κ1) is 24.7. The second kappa shape index (κ2) is 10.9. The number of nitro groups is 1. The van der Waals surface area contributed by atoms with Gasteiger partial charge in [-0.3, -0.25) is 19.8 Å². The largest absolute Gasteiger partial charge is 0.490 e. The van der Waals surface area contributed by atoms with Crippen molar-refractivity contribution >= 4 is 63.3 Å². The summed E-state index contributed by atoms with van der Waals surface area (Å²) in [5.74, 6) is 0.494. The molecule has 10 heteroatoms. The maximum atomic E-state index is 13.1. The highest BCUT2D eigenvalue weighted by atomic mass is 35.5. The maximum absolute atomic E-state index is 13.1. The fraction of sp³-hybridized carbons (Fsp3) is 0.120. The van der Waals surface area contributed by atoms with E-state index in [1.165, 1.54) is 23.1 Å². The minimum atomic E-state index is -0.518. The molecule has 178 valence electrons. The van der Waals surface area contributed by atoms with Crippen LogP contribution in [0.15, 0.2) is 71.6 Å². The van der Waals surface area contributed by atoms with E-state index < -0.39 is 4.92 Å². The van der Waals surface area contributed by atoms with Crippen molar-refractivity contribution in [2.45, 2.75) is 13.5 Å². The number of hydrogen-bond donors (Lipinski definition) is 0. The number of rotatable bonds is 8. The molecule has 1 aliphatic heterocycles. The number of carbonyl (C=O) groups is 1. The molecule has 0 radical (unpaired) electrons. The predicted octanol–water partition coefficient (Wildman–Crippen LogP) is 6.63. The minimum absolute atomic E-state index is 0.125. The van der Waals surface area contributed by atoms with Crippen LogP contribution in [0.25, 0.3) is 6.08 Å². The van der Waals surface area contributed by atoms with Gasteiger partial charge in [0.1, 0.15) is 6.61 Å². The summed E-state index contributed by atoms with van der Waals surface area (Å²) in [6.45, 7) is 2.57. The topological polar surface area (TPSA) is 81.9 Å². The van der Waals surface area contributed by atoms with E-state index in [9.17, 15) is 14.9 Å². The first-order chi connectivity index (χ1) is 16.9. The third kappa shape index (κ3) is 5.64. The van der Waals surface area contributed by atoms with E-state index in [-0.39, 0.29) is 15.9 Å². The zero-order valence-electron chi connectivity index (χ0n) is 18.5. The average molecular weight is 527 g/mol. The molecule has 1 aliphatic rings. The van der Waals surface area contributed by atoms with Gasteiger partial charge >= 0.3 is 0 Å². The van der Waals surface area contributed by atoms with E-state index in [1.54, 1.807) is 24.3 Å². The zero-order valence-corrected chi connectivity index (χ0v) is 20.9.